The number of likely N-dealkylation sites (tertiary alicyclic amines) is 1. The summed E-state index contributed by atoms with van der Waals surface area (Å²) in [7, 11) is 0. The van der Waals surface area contributed by atoms with E-state index in [9.17, 15) is 19.5 Å². The average molecular weight is 321 g/mol. The average Bonchev–Trinajstić information content (AvgIpc) is 2.79. The van der Waals surface area contributed by atoms with Gasteiger partial charge in [-0.25, -0.2) is 0 Å². The highest BCUT2D eigenvalue weighted by atomic mass is 16.3. The standard InChI is InChI=1S/C19H15NO4/c1-12-6-5-9-14(10-12)16(21)15-17(22)19(24)20(18(15)23)11-13-7-3-2-4-8-13/h2-10,21H,11H2,1H3/b16-15-. The molecular weight excluding hydrogens is 306 g/mol. The zero-order valence-corrected chi connectivity index (χ0v) is 13.0. The minimum Gasteiger partial charge on any atom is -0.506 e. The molecule has 0 aliphatic carbocycles. The molecule has 1 saturated heterocycles. The van der Waals surface area contributed by atoms with Gasteiger partial charge in [0.25, 0.3) is 11.7 Å². The van der Waals surface area contributed by atoms with Crippen LogP contribution in [0.2, 0.25) is 0 Å². The lowest BCUT2D eigenvalue weighted by molar-refractivity contribution is -0.143. The van der Waals surface area contributed by atoms with Crippen molar-refractivity contribution in [2.45, 2.75) is 13.5 Å². The van der Waals surface area contributed by atoms with Crippen LogP contribution in [0.15, 0.2) is 60.2 Å². The molecule has 0 atom stereocenters. The predicted molar refractivity (Wildman–Crippen MR) is 87.7 cm³/mol. The summed E-state index contributed by atoms with van der Waals surface area (Å²) in [5.41, 5.74) is 1.45. The molecule has 1 aliphatic heterocycles. The van der Waals surface area contributed by atoms with Crippen LogP contribution in [0.25, 0.3) is 5.76 Å². The topological polar surface area (TPSA) is 74.7 Å². The quantitative estimate of drug-likeness (QED) is 0.310. The van der Waals surface area contributed by atoms with E-state index < -0.39 is 28.9 Å². The Hall–Kier alpha value is -3.21. The number of benzene rings is 2. The number of hydrogen-bond donors (Lipinski definition) is 1. The summed E-state index contributed by atoms with van der Waals surface area (Å²) in [5, 5.41) is 10.3. The van der Waals surface area contributed by atoms with Gasteiger partial charge in [-0.2, -0.15) is 0 Å². The summed E-state index contributed by atoms with van der Waals surface area (Å²) in [6.45, 7) is 1.82. The molecule has 24 heavy (non-hydrogen) atoms. The van der Waals surface area contributed by atoms with Crippen molar-refractivity contribution in [1.29, 1.82) is 0 Å². The van der Waals surface area contributed by atoms with E-state index >= 15 is 0 Å². The first-order valence-corrected chi connectivity index (χ1v) is 7.44. The number of aryl methyl sites for hydroxylation is 1. The molecule has 0 aromatic heterocycles. The van der Waals surface area contributed by atoms with Gasteiger partial charge < -0.3 is 5.11 Å². The van der Waals surface area contributed by atoms with Gasteiger partial charge in [-0.3, -0.25) is 19.3 Å². The minimum absolute atomic E-state index is 0.00511. The normalized spacial score (nSPS) is 16.7. The van der Waals surface area contributed by atoms with Gasteiger partial charge in [0.1, 0.15) is 11.3 Å². The molecule has 0 unspecified atom stereocenters. The third-order valence-electron chi connectivity index (χ3n) is 3.84. The van der Waals surface area contributed by atoms with Gasteiger partial charge in [-0.1, -0.05) is 54.1 Å². The number of imide groups is 1. The number of rotatable bonds is 3. The highest BCUT2D eigenvalue weighted by Crippen LogP contribution is 2.25. The zero-order chi connectivity index (χ0) is 17.3. The van der Waals surface area contributed by atoms with Crippen LogP contribution < -0.4 is 0 Å². The number of carbonyl (C=O) groups excluding carboxylic acids is 3. The maximum absolute atomic E-state index is 12.5. The Morgan fingerprint density at radius 1 is 0.958 bits per heavy atom. The fraction of sp³-hybridized carbons (Fsp3) is 0.105. The summed E-state index contributed by atoms with van der Waals surface area (Å²) >= 11 is 0. The highest BCUT2D eigenvalue weighted by molar-refractivity contribution is 6.58. The highest BCUT2D eigenvalue weighted by Gasteiger charge is 2.44. The number of carbonyl (C=O) groups is 3. The second-order valence-electron chi connectivity index (χ2n) is 5.60. The molecule has 2 aromatic carbocycles. The van der Waals surface area contributed by atoms with Crippen LogP contribution in [0.3, 0.4) is 0 Å². The Morgan fingerprint density at radius 3 is 2.33 bits per heavy atom. The molecule has 5 nitrogen and oxygen atoms in total. The van der Waals surface area contributed by atoms with Crippen molar-refractivity contribution < 1.29 is 19.5 Å². The van der Waals surface area contributed by atoms with Crippen LogP contribution in [0.5, 0.6) is 0 Å². The van der Waals surface area contributed by atoms with Gasteiger partial charge in [0.15, 0.2) is 0 Å². The predicted octanol–water partition coefficient (Wildman–Crippen LogP) is 2.40. The monoisotopic (exact) mass is 321 g/mol. The lowest BCUT2D eigenvalue weighted by Gasteiger charge is -2.12. The molecule has 1 fully saturated rings. The van der Waals surface area contributed by atoms with Gasteiger partial charge in [-0.15, -0.1) is 0 Å². The van der Waals surface area contributed by atoms with Crippen LogP contribution in [0.4, 0.5) is 0 Å². The van der Waals surface area contributed by atoms with Gasteiger partial charge in [0, 0.05) is 5.56 Å². The molecule has 0 radical (unpaired) electrons. The number of aliphatic hydroxyl groups is 1. The third-order valence-corrected chi connectivity index (χ3v) is 3.84. The van der Waals surface area contributed by atoms with Gasteiger partial charge in [0.2, 0.25) is 0 Å². The summed E-state index contributed by atoms with van der Waals surface area (Å²) in [6.07, 6.45) is 0. The molecule has 1 heterocycles. The lowest BCUT2D eigenvalue weighted by atomic mass is 10.0. The second-order valence-corrected chi connectivity index (χ2v) is 5.60. The summed E-state index contributed by atoms with van der Waals surface area (Å²) in [5.74, 6) is -3.13. The Kier molecular flexibility index (Phi) is 4.00. The first kappa shape index (κ1) is 15.7. The van der Waals surface area contributed by atoms with Crippen LogP contribution >= 0.6 is 0 Å². The Morgan fingerprint density at radius 2 is 1.67 bits per heavy atom. The lowest BCUT2D eigenvalue weighted by Crippen LogP contribution is -2.30. The fourth-order valence-corrected chi connectivity index (χ4v) is 2.61. The van der Waals surface area contributed by atoms with Gasteiger partial charge in [0.05, 0.1) is 6.54 Å². The van der Waals surface area contributed by atoms with Gasteiger partial charge in [-0.05, 0) is 18.6 Å². The fourth-order valence-electron chi connectivity index (χ4n) is 2.61. The molecular formula is C19H15NO4. The van der Waals surface area contributed by atoms with Crippen LogP contribution in [-0.4, -0.2) is 27.6 Å². The van der Waals surface area contributed by atoms with Crippen molar-refractivity contribution in [2.75, 3.05) is 0 Å². The van der Waals surface area contributed by atoms with E-state index in [2.05, 4.69) is 0 Å². The molecule has 1 N–H and O–H groups in total. The third kappa shape index (κ3) is 2.72. The number of Topliss-reactive ketones (excluding diaryl/α,β-unsaturated/α-hetero) is 1. The SMILES string of the molecule is Cc1cccc(/C(O)=C2\C(=O)C(=O)N(Cc3ccccc3)C2=O)c1. The van der Waals surface area contributed by atoms with Gasteiger partial charge >= 0.3 is 5.91 Å². The molecule has 120 valence electrons. The molecule has 2 amide bonds. The van der Waals surface area contributed by atoms with Crippen molar-refractivity contribution >= 4 is 23.4 Å². The van der Waals surface area contributed by atoms with Crippen molar-refractivity contribution in [1.82, 2.24) is 4.90 Å². The molecule has 0 saturated carbocycles. The van der Waals surface area contributed by atoms with E-state index in [0.29, 0.717) is 5.56 Å². The van der Waals surface area contributed by atoms with Crippen molar-refractivity contribution in [3.8, 4) is 0 Å². The number of nitrogens with zero attached hydrogens (tertiary/aromatic N) is 1. The second kappa shape index (κ2) is 6.12. The zero-order valence-electron chi connectivity index (χ0n) is 13.0. The molecule has 0 bridgehead atoms. The maximum Gasteiger partial charge on any atom is 0.302 e. The minimum atomic E-state index is -0.977. The van der Waals surface area contributed by atoms with Crippen LogP contribution in [0.1, 0.15) is 16.7 Å². The van der Waals surface area contributed by atoms with Crippen LogP contribution in [0, 0.1) is 6.92 Å². The smallest absolute Gasteiger partial charge is 0.302 e. The number of ketones is 1. The summed E-state index contributed by atoms with van der Waals surface area (Å²) in [4.78, 5) is 37.7. The number of aliphatic hydroxyl groups excluding tert-OH is 1. The first-order chi connectivity index (χ1) is 11.5. The van der Waals surface area contributed by atoms with E-state index in [1.807, 2.05) is 19.1 Å². The van der Waals surface area contributed by atoms with E-state index in [-0.39, 0.29) is 6.54 Å². The Bertz CT molecular complexity index is 868. The summed E-state index contributed by atoms with van der Waals surface area (Å²) in [6, 6.07) is 15.7. The molecule has 3 rings (SSSR count). The molecule has 1 aliphatic rings. The summed E-state index contributed by atoms with van der Waals surface area (Å²) < 4.78 is 0. The number of amides is 2. The maximum atomic E-state index is 12.5. The Labute approximate surface area is 138 Å². The van der Waals surface area contributed by atoms with Crippen molar-refractivity contribution in [2.24, 2.45) is 0 Å². The van der Waals surface area contributed by atoms with E-state index in [0.717, 1.165) is 16.0 Å². The molecule has 5 heteroatoms. The van der Waals surface area contributed by atoms with Crippen molar-refractivity contribution in [3.05, 3.63) is 76.9 Å². The van der Waals surface area contributed by atoms with E-state index in [4.69, 9.17) is 0 Å². The molecule has 2 aromatic rings. The number of hydrogen-bond acceptors (Lipinski definition) is 4. The largest absolute Gasteiger partial charge is 0.506 e. The van der Waals surface area contributed by atoms with E-state index in [1.165, 1.54) is 0 Å². The Balaban J connectivity index is 1.98. The molecule has 0 spiro atoms. The van der Waals surface area contributed by atoms with Crippen molar-refractivity contribution in [3.63, 3.8) is 0 Å². The first-order valence-electron chi connectivity index (χ1n) is 7.44. The van der Waals surface area contributed by atoms with E-state index in [1.54, 1.807) is 42.5 Å². The van der Waals surface area contributed by atoms with Crippen LogP contribution in [-0.2, 0) is 20.9 Å².